The highest BCUT2D eigenvalue weighted by atomic mass is 19.1. The van der Waals surface area contributed by atoms with Crippen LogP contribution in [0.25, 0.3) is 33.6 Å². The van der Waals surface area contributed by atoms with Crippen LogP contribution in [0.1, 0.15) is 49.7 Å². The van der Waals surface area contributed by atoms with E-state index < -0.39 is 36.7 Å². The summed E-state index contributed by atoms with van der Waals surface area (Å²) < 4.78 is 42.3. The molecule has 0 saturated heterocycles. The Bertz CT molecular complexity index is 1840. The molecule has 0 radical (unpaired) electrons. The molecule has 1 aliphatic heterocycles. The van der Waals surface area contributed by atoms with E-state index in [1.165, 1.54) is 4.90 Å². The zero-order chi connectivity index (χ0) is 32.9. The van der Waals surface area contributed by atoms with Crippen LogP contribution < -0.4 is 10.1 Å². The van der Waals surface area contributed by atoms with Gasteiger partial charge in [0.15, 0.2) is 11.5 Å². The first-order valence-electron chi connectivity index (χ1n) is 15.2. The molecule has 2 atom stereocenters. The van der Waals surface area contributed by atoms with Crippen LogP contribution in [0.15, 0.2) is 30.3 Å². The number of alkyl carbamates (subject to hydrolysis) is 1. The fraction of sp³-hybridized carbons (Fsp3) is 0.469. The zero-order valence-electron chi connectivity index (χ0n) is 26.0. The Hall–Kier alpha value is -4.75. The second-order valence-corrected chi connectivity index (χ2v) is 12.9. The standard InChI is InChI=1S/C32H36F2N6O6/c1-32(2,3)46-31(44)35-19(14-33)16-39-11-10-21-20(29(39)41)13-22-27(36-21)38(4)28(37-22)23-12-18-6-5-7-24(45-26(34)30(42)43)25(18)40(23)15-17-8-9-17/h5-7,12-13,17,19,26H,8-11,14-16H2,1-4H3,(H,35,44)(H,42,43). The normalized spacial score (nSPS) is 16.4. The van der Waals surface area contributed by atoms with Gasteiger partial charge in [0.2, 0.25) is 0 Å². The van der Waals surface area contributed by atoms with Crippen LogP contribution in [-0.4, -0.2) is 84.8 Å². The Labute approximate surface area is 263 Å². The number of amides is 2. The summed E-state index contributed by atoms with van der Waals surface area (Å²) in [5.74, 6) is -0.965. The van der Waals surface area contributed by atoms with Crippen molar-refractivity contribution in [2.24, 2.45) is 13.0 Å². The number of pyridine rings is 1. The second kappa shape index (κ2) is 11.9. The molecular formula is C32H36F2N6O6. The molecule has 1 aliphatic carbocycles. The van der Waals surface area contributed by atoms with Crippen molar-refractivity contribution in [1.29, 1.82) is 0 Å². The predicted octanol–water partition coefficient (Wildman–Crippen LogP) is 4.62. The summed E-state index contributed by atoms with van der Waals surface area (Å²) in [7, 11) is 1.83. The van der Waals surface area contributed by atoms with Gasteiger partial charge in [0, 0.05) is 38.5 Å². The van der Waals surface area contributed by atoms with Crippen LogP contribution in [0.5, 0.6) is 5.75 Å². The van der Waals surface area contributed by atoms with E-state index in [1.54, 1.807) is 39.0 Å². The van der Waals surface area contributed by atoms with E-state index in [2.05, 4.69) is 5.32 Å². The molecule has 1 aromatic carbocycles. The van der Waals surface area contributed by atoms with Crippen LogP contribution in [-0.2, 0) is 29.5 Å². The molecule has 0 spiro atoms. The van der Waals surface area contributed by atoms with Gasteiger partial charge >= 0.3 is 18.4 Å². The monoisotopic (exact) mass is 638 g/mol. The van der Waals surface area contributed by atoms with Crippen molar-refractivity contribution in [1.82, 2.24) is 29.3 Å². The van der Waals surface area contributed by atoms with Crippen molar-refractivity contribution in [3.8, 4) is 17.3 Å². The van der Waals surface area contributed by atoms with Gasteiger partial charge in [-0.05, 0) is 57.7 Å². The van der Waals surface area contributed by atoms with Gasteiger partial charge < -0.3 is 33.9 Å². The Morgan fingerprint density at radius 3 is 2.63 bits per heavy atom. The molecule has 4 heterocycles. The largest absolute Gasteiger partial charge is 0.476 e. The van der Waals surface area contributed by atoms with Gasteiger partial charge in [-0.25, -0.2) is 23.9 Å². The highest BCUT2D eigenvalue weighted by Gasteiger charge is 2.32. The Morgan fingerprint density at radius 1 is 1.20 bits per heavy atom. The number of benzene rings is 1. The minimum atomic E-state index is -2.52. The molecule has 0 bridgehead atoms. The number of carboxylic acid groups (broad SMARTS) is 1. The quantitative estimate of drug-likeness (QED) is 0.257. The number of hydrogen-bond acceptors (Lipinski definition) is 7. The summed E-state index contributed by atoms with van der Waals surface area (Å²) in [6, 6.07) is 7.72. The maximum Gasteiger partial charge on any atom is 0.408 e. The number of halogens is 2. The number of rotatable bonds is 10. The molecule has 4 aromatic rings. The molecule has 12 nitrogen and oxygen atoms in total. The molecule has 6 rings (SSSR count). The molecule has 244 valence electrons. The lowest BCUT2D eigenvalue weighted by Gasteiger charge is -2.31. The maximum absolute atomic E-state index is 14.2. The van der Waals surface area contributed by atoms with E-state index in [-0.39, 0.29) is 18.2 Å². The Morgan fingerprint density at radius 2 is 1.96 bits per heavy atom. The smallest absolute Gasteiger partial charge is 0.408 e. The van der Waals surface area contributed by atoms with Gasteiger partial charge in [0.05, 0.1) is 28.5 Å². The lowest BCUT2D eigenvalue weighted by molar-refractivity contribution is -0.153. The Balaban J connectivity index is 1.33. The molecule has 1 saturated carbocycles. The van der Waals surface area contributed by atoms with E-state index in [0.717, 1.165) is 18.2 Å². The first-order chi connectivity index (χ1) is 21.8. The molecule has 2 amide bonds. The van der Waals surface area contributed by atoms with Crippen LogP contribution in [0, 0.1) is 5.92 Å². The second-order valence-electron chi connectivity index (χ2n) is 12.9. The third-order valence-corrected chi connectivity index (χ3v) is 8.08. The summed E-state index contributed by atoms with van der Waals surface area (Å²) >= 11 is 0. The molecule has 46 heavy (non-hydrogen) atoms. The molecule has 1 fully saturated rings. The third-order valence-electron chi connectivity index (χ3n) is 8.08. The number of imidazole rings is 1. The van der Waals surface area contributed by atoms with Gasteiger partial charge in [-0.15, -0.1) is 0 Å². The predicted molar refractivity (Wildman–Crippen MR) is 164 cm³/mol. The molecule has 2 unspecified atom stereocenters. The number of aryl methyl sites for hydroxylation is 1. The highest BCUT2D eigenvalue weighted by molar-refractivity contribution is 5.99. The van der Waals surface area contributed by atoms with E-state index in [9.17, 15) is 23.2 Å². The van der Waals surface area contributed by atoms with E-state index in [4.69, 9.17) is 24.5 Å². The maximum atomic E-state index is 14.2. The average Bonchev–Trinajstić information content (AvgIpc) is 3.66. The number of nitrogens with one attached hydrogen (secondary N) is 1. The van der Waals surface area contributed by atoms with Crippen molar-refractivity contribution in [2.75, 3.05) is 19.8 Å². The zero-order valence-corrected chi connectivity index (χ0v) is 26.0. The summed E-state index contributed by atoms with van der Waals surface area (Å²) in [4.78, 5) is 48.1. The molecular weight excluding hydrogens is 602 g/mol. The van der Waals surface area contributed by atoms with Gasteiger partial charge in [-0.1, -0.05) is 12.1 Å². The third kappa shape index (κ3) is 6.20. The number of alkyl halides is 2. The number of hydrogen-bond donors (Lipinski definition) is 2. The van der Waals surface area contributed by atoms with Crippen LogP contribution in [0.4, 0.5) is 13.6 Å². The fourth-order valence-electron chi connectivity index (χ4n) is 5.79. The number of aromatic nitrogens is 4. The summed E-state index contributed by atoms with van der Waals surface area (Å²) in [5.41, 5.74) is 2.54. The molecule has 2 aliphatic rings. The lowest BCUT2D eigenvalue weighted by Crippen LogP contribution is -2.50. The van der Waals surface area contributed by atoms with Crippen molar-refractivity contribution in [3.63, 3.8) is 0 Å². The minimum absolute atomic E-state index is 0.0349. The Kier molecular flexibility index (Phi) is 8.07. The molecule has 14 heteroatoms. The van der Waals surface area contributed by atoms with Gasteiger partial charge in [-0.3, -0.25) is 4.79 Å². The highest BCUT2D eigenvalue weighted by Crippen LogP contribution is 2.39. The summed E-state index contributed by atoms with van der Waals surface area (Å²) in [6.45, 7) is 5.12. The van der Waals surface area contributed by atoms with Gasteiger partial charge in [0.25, 0.3) is 5.91 Å². The number of fused-ring (bicyclic) bond motifs is 3. The minimum Gasteiger partial charge on any atom is -0.476 e. The SMILES string of the molecule is Cn1c(-c2cc3cccc(OC(F)C(=O)O)c3n2CC2CC2)nc2cc3c(nc21)CCN(CC(CF)NC(=O)OC(C)(C)C)C3=O. The average molecular weight is 639 g/mol. The number of carbonyl (C=O) groups excluding carboxylic acids is 2. The van der Waals surface area contributed by atoms with Crippen molar-refractivity contribution >= 4 is 40.0 Å². The van der Waals surface area contributed by atoms with E-state index >= 15 is 0 Å². The van der Waals surface area contributed by atoms with E-state index in [0.29, 0.717) is 64.9 Å². The van der Waals surface area contributed by atoms with Crippen LogP contribution >= 0.6 is 0 Å². The van der Waals surface area contributed by atoms with E-state index in [1.807, 2.05) is 28.3 Å². The number of nitrogens with zero attached hydrogens (tertiary/aromatic N) is 5. The number of ether oxygens (including phenoxy) is 2. The fourth-order valence-corrected chi connectivity index (χ4v) is 5.79. The summed E-state index contributed by atoms with van der Waals surface area (Å²) in [6.07, 6.45) is -0.771. The number of carboxylic acids is 1. The number of aliphatic carboxylic acids is 1. The number of para-hydroxylation sites is 1. The van der Waals surface area contributed by atoms with Gasteiger partial charge in [0.1, 0.15) is 23.5 Å². The summed E-state index contributed by atoms with van der Waals surface area (Å²) in [5, 5.41) is 12.3. The first-order valence-corrected chi connectivity index (χ1v) is 15.2. The lowest BCUT2D eigenvalue weighted by atomic mass is 10.0. The van der Waals surface area contributed by atoms with Crippen LogP contribution in [0.3, 0.4) is 0 Å². The van der Waals surface area contributed by atoms with Gasteiger partial charge in [-0.2, -0.15) is 4.39 Å². The molecule has 3 aromatic heterocycles. The van der Waals surface area contributed by atoms with Crippen molar-refractivity contribution in [2.45, 2.75) is 64.6 Å². The molecule has 2 N–H and O–H groups in total. The topological polar surface area (TPSA) is 141 Å². The number of carbonyl (C=O) groups is 3. The van der Waals surface area contributed by atoms with Crippen molar-refractivity contribution in [3.05, 3.63) is 41.6 Å². The first kappa shape index (κ1) is 31.2. The van der Waals surface area contributed by atoms with Crippen LogP contribution in [0.2, 0.25) is 0 Å². The van der Waals surface area contributed by atoms with Crippen molar-refractivity contribution < 1.29 is 37.7 Å².